The van der Waals surface area contributed by atoms with Gasteiger partial charge in [-0.1, -0.05) is 18.2 Å². The lowest BCUT2D eigenvalue weighted by Gasteiger charge is -2.10. The van der Waals surface area contributed by atoms with Gasteiger partial charge in [0, 0.05) is 31.8 Å². The third-order valence-corrected chi connectivity index (χ3v) is 4.31. The molecule has 3 aromatic rings. The van der Waals surface area contributed by atoms with Gasteiger partial charge in [0.2, 0.25) is 5.91 Å². The number of carbonyl (C=O) groups is 1. The van der Waals surface area contributed by atoms with E-state index in [-0.39, 0.29) is 5.91 Å². The van der Waals surface area contributed by atoms with E-state index < -0.39 is 0 Å². The second-order valence-electron chi connectivity index (χ2n) is 6.65. The van der Waals surface area contributed by atoms with Crippen molar-refractivity contribution >= 4 is 23.4 Å². The predicted molar refractivity (Wildman–Crippen MR) is 117 cm³/mol. The van der Waals surface area contributed by atoms with Crippen molar-refractivity contribution in [2.75, 3.05) is 30.8 Å². The van der Waals surface area contributed by atoms with Gasteiger partial charge in [0.05, 0.1) is 7.11 Å². The first-order chi connectivity index (χ1) is 14.6. The maximum atomic E-state index is 12.1. The number of anilines is 3. The molecule has 156 valence electrons. The molecule has 0 radical (unpaired) electrons. The molecule has 2 aromatic heterocycles. The Balaban J connectivity index is 1.40. The topological polar surface area (TPSA) is 101 Å². The van der Waals surface area contributed by atoms with E-state index in [1.165, 1.54) is 0 Å². The highest BCUT2D eigenvalue weighted by Gasteiger charge is 2.05. The van der Waals surface area contributed by atoms with Crippen molar-refractivity contribution in [3.63, 3.8) is 0 Å². The fourth-order valence-corrected chi connectivity index (χ4v) is 2.82. The lowest BCUT2D eigenvalue weighted by atomic mass is 10.1. The normalized spacial score (nSPS) is 10.3. The van der Waals surface area contributed by atoms with E-state index in [0.717, 1.165) is 11.3 Å². The minimum atomic E-state index is 0.0176. The molecule has 8 nitrogen and oxygen atoms in total. The van der Waals surface area contributed by atoms with E-state index in [1.54, 1.807) is 13.3 Å². The zero-order chi connectivity index (χ0) is 21.2. The van der Waals surface area contributed by atoms with Gasteiger partial charge >= 0.3 is 0 Å². The summed E-state index contributed by atoms with van der Waals surface area (Å²) in [5.74, 6) is 3.53. The lowest BCUT2D eigenvalue weighted by molar-refractivity contribution is -0.120. The molecule has 8 heteroatoms. The minimum absolute atomic E-state index is 0.0176. The van der Waals surface area contributed by atoms with Gasteiger partial charge in [0.25, 0.3) is 0 Å². The molecular weight excluding hydrogens is 380 g/mol. The summed E-state index contributed by atoms with van der Waals surface area (Å²) in [6.45, 7) is 2.90. The summed E-state index contributed by atoms with van der Waals surface area (Å²) in [7, 11) is 1.64. The van der Waals surface area contributed by atoms with Crippen molar-refractivity contribution in [3.8, 4) is 5.75 Å². The number of pyridine rings is 1. The van der Waals surface area contributed by atoms with Crippen molar-refractivity contribution in [2.24, 2.45) is 0 Å². The Morgan fingerprint density at radius 3 is 2.53 bits per heavy atom. The third-order valence-electron chi connectivity index (χ3n) is 4.31. The number of benzene rings is 1. The number of nitrogens with one attached hydrogen (secondary N) is 3. The van der Waals surface area contributed by atoms with Crippen LogP contribution in [0, 0.1) is 6.92 Å². The van der Waals surface area contributed by atoms with Gasteiger partial charge < -0.3 is 20.7 Å². The molecular formula is C22H26N6O2. The lowest BCUT2D eigenvalue weighted by Crippen LogP contribution is -2.29. The van der Waals surface area contributed by atoms with E-state index in [0.29, 0.717) is 49.2 Å². The second kappa shape index (κ2) is 10.8. The molecule has 0 bridgehead atoms. The molecule has 2 heterocycles. The Labute approximate surface area is 176 Å². The summed E-state index contributed by atoms with van der Waals surface area (Å²) in [5.41, 5.74) is 1.11. The first-order valence-electron chi connectivity index (χ1n) is 9.79. The molecule has 30 heavy (non-hydrogen) atoms. The summed E-state index contributed by atoms with van der Waals surface area (Å²) in [6, 6.07) is 15.2. The van der Waals surface area contributed by atoms with E-state index in [2.05, 4.69) is 30.9 Å². The van der Waals surface area contributed by atoms with Gasteiger partial charge in [-0.05, 0) is 43.2 Å². The fourth-order valence-electron chi connectivity index (χ4n) is 2.82. The Bertz CT molecular complexity index is 948. The summed E-state index contributed by atoms with van der Waals surface area (Å²) >= 11 is 0. The molecule has 0 aliphatic rings. The van der Waals surface area contributed by atoms with Crippen LogP contribution in [0.4, 0.5) is 17.5 Å². The second-order valence-corrected chi connectivity index (χ2v) is 6.65. The Kier molecular flexibility index (Phi) is 7.54. The first kappa shape index (κ1) is 21.0. The van der Waals surface area contributed by atoms with Crippen LogP contribution in [0.3, 0.4) is 0 Å². The molecule has 1 amide bonds. The van der Waals surface area contributed by atoms with Crippen LogP contribution in [0.1, 0.15) is 17.8 Å². The van der Waals surface area contributed by atoms with Crippen molar-refractivity contribution in [2.45, 2.75) is 19.8 Å². The van der Waals surface area contributed by atoms with Crippen LogP contribution < -0.4 is 20.7 Å². The molecule has 1 aromatic carbocycles. The highest BCUT2D eigenvalue weighted by molar-refractivity contribution is 5.76. The Hall–Kier alpha value is -3.68. The maximum Gasteiger partial charge on any atom is 0.220 e. The van der Waals surface area contributed by atoms with Crippen LogP contribution >= 0.6 is 0 Å². The first-order valence-corrected chi connectivity index (χ1v) is 9.79. The smallest absolute Gasteiger partial charge is 0.220 e. The van der Waals surface area contributed by atoms with Crippen LogP contribution in [-0.2, 0) is 11.2 Å². The molecule has 0 fully saturated rings. The number of carbonyl (C=O) groups excluding carboxylic acids is 1. The summed E-state index contributed by atoms with van der Waals surface area (Å²) in [6.07, 6.45) is 2.85. The van der Waals surface area contributed by atoms with Crippen LogP contribution in [0.5, 0.6) is 5.75 Å². The van der Waals surface area contributed by atoms with Gasteiger partial charge in [-0.3, -0.25) is 4.79 Å². The van der Waals surface area contributed by atoms with Crippen molar-refractivity contribution < 1.29 is 9.53 Å². The van der Waals surface area contributed by atoms with Gasteiger partial charge in [0.15, 0.2) is 0 Å². The number of rotatable bonds is 10. The molecule has 3 rings (SSSR count). The van der Waals surface area contributed by atoms with E-state index >= 15 is 0 Å². The summed E-state index contributed by atoms with van der Waals surface area (Å²) in [5, 5.41) is 9.29. The number of methoxy groups -OCH3 is 1. The number of aryl methyl sites for hydroxylation is 2. The van der Waals surface area contributed by atoms with Crippen molar-refractivity contribution in [1.29, 1.82) is 0 Å². The average Bonchev–Trinajstić information content (AvgIpc) is 2.76. The molecule has 0 saturated carbocycles. The third kappa shape index (κ3) is 6.73. The number of hydrogen-bond donors (Lipinski definition) is 3. The summed E-state index contributed by atoms with van der Waals surface area (Å²) in [4.78, 5) is 25.0. The Morgan fingerprint density at radius 2 is 1.80 bits per heavy atom. The number of ether oxygens (including phenoxy) is 1. The number of amides is 1. The minimum Gasteiger partial charge on any atom is -0.497 e. The molecule has 0 unspecified atom stereocenters. The number of hydrogen-bond acceptors (Lipinski definition) is 7. The highest BCUT2D eigenvalue weighted by atomic mass is 16.5. The van der Waals surface area contributed by atoms with E-state index in [9.17, 15) is 4.79 Å². The van der Waals surface area contributed by atoms with Crippen LogP contribution in [-0.4, -0.2) is 41.1 Å². The standard InChI is InChI=1S/C22H26N6O2/c1-16-26-20(15-21(27-16)28-19-5-3-4-12-23-19)24-13-14-25-22(29)11-8-17-6-9-18(30-2)10-7-17/h3-7,9-10,12,15H,8,11,13-14H2,1-2H3,(H,25,29)(H2,23,24,26,27,28). The zero-order valence-corrected chi connectivity index (χ0v) is 17.2. The highest BCUT2D eigenvalue weighted by Crippen LogP contribution is 2.15. The molecule has 0 spiro atoms. The molecule has 3 N–H and O–H groups in total. The van der Waals surface area contributed by atoms with E-state index in [1.807, 2.05) is 55.5 Å². The van der Waals surface area contributed by atoms with Crippen LogP contribution in [0.25, 0.3) is 0 Å². The van der Waals surface area contributed by atoms with Crippen molar-refractivity contribution in [1.82, 2.24) is 20.3 Å². The largest absolute Gasteiger partial charge is 0.497 e. The van der Waals surface area contributed by atoms with Gasteiger partial charge in [-0.2, -0.15) is 0 Å². The maximum absolute atomic E-state index is 12.1. The Morgan fingerprint density at radius 1 is 1.00 bits per heavy atom. The van der Waals surface area contributed by atoms with Crippen LogP contribution in [0.15, 0.2) is 54.7 Å². The van der Waals surface area contributed by atoms with Gasteiger partial charge in [0.1, 0.15) is 29.0 Å². The van der Waals surface area contributed by atoms with Crippen molar-refractivity contribution in [3.05, 3.63) is 66.1 Å². The monoisotopic (exact) mass is 406 g/mol. The molecule has 0 saturated heterocycles. The fraction of sp³-hybridized carbons (Fsp3) is 0.273. The van der Waals surface area contributed by atoms with E-state index in [4.69, 9.17) is 4.74 Å². The molecule has 0 aliphatic carbocycles. The number of aromatic nitrogens is 3. The number of nitrogens with zero attached hydrogens (tertiary/aromatic N) is 3. The molecule has 0 atom stereocenters. The zero-order valence-electron chi connectivity index (χ0n) is 17.2. The van der Waals surface area contributed by atoms with Crippen LogP contribution in [0.2, 0.25) is 0 Å². The SMILES string of the molecule is COc1ccc(CCC(=O)NCCNc2cc(Nc3ccccn3)nc(C)n2)cc1. The quantitative estimate of drug-likeness (QED) is 0.445. The molecule has 0 aliphatic heterocycles. The van der Waals surface area contributed by atoms with Gasteiger partial charge in [-0.25, -0.2) is 15.0 Å². The average molecular weight is 406 g/mol. The predicted octanol–water partition coefficient (Wildman–Crippen LogP) is 3.09. The van der Waals surface area contributed by atoms with Gasteiger partial charge in [-0.15, -0.1) is 0 Å². The summed E-state index contributed by atoms with van der Waals surface area (Å²) < 4.78 is 5.14.